The number of ether oxygens (including phenoxy) is 1. The molecule has 1 N–H and O–H groups in total. The van der Waals surface area contributed by atoms with E-state index in [-0.39, 0.29) is 11.4 Å². The first-order valence-electron chi connectivity index (χ1n) is 8.69. The van der Waals surface area contributed by atoms with Gasteiger partial charge in [0.1, 0.15) is 5.75 Å². The number of aryl methyl sites for hydroxylation is 1. The molecule has 7 nitrogen and oxygen atoms in total. The zero-order valence-corrected chi connectivity index (χ0v) is 16.8. The van der Waals surface area contributed by atoms with E-state index in [1.807, 2.05) is 51.1 Å². The highest BCUT2D eigenvalue weighted by molar-refractivity contribution is 8.26. The third-order valence-corrected chi connectivity index (χ3v) is 5.46. The average molecular weight is 393 g/mol. The number of benzene rings is 1. The number of amides is 1. The molecule has 0 spiro atoms. The van der Waals surface area contributed by atoms with E-state index in [1.165, 1.54) is 16.8 Å². The Labute approximate surface area is 166 Å². The van der Waals surface area contributed by atoms with Crippen molar-refractivity contribution >= 4 is 39.8 Å². The molecular formula is C20H19N5O2S. The molecule has 4 rings (SSSR count). The van der Waals surface area contributed by atoms with Crippen LogP contribution in [0, 0.1) is 19.3 Å². The maximum absolute atomic E-state index is 12.5. The Bertz CT molecular complexity index is 1110. The number of carbonyl (C=O) groups excluding carboxylic acids is 1. The number of methoxy groups -OCH3 is 1. The van der Waals surface area contributed by atoms with Crippen molar-refractivity contribution in [1.82, 2.24) is 9.58 Å². The van der Waals surface area contributed by atoms with Crippen LogP contribution in [0.1, 0.15) is 23.9 Å². The van der Waals surface area contributed by atoms with Gasteiger partial charge in [-0.2, -0.15) is 15.1 Å². The highest BCUT2D eigenvalue weighted by Crippen LogP contribution is 2.30. The third kappa shape index (κ3) is 2.95. The van der Waals surface area contributed by atoms with Gasteiger partial charge in [-0.1, -0.05) is 6.07 Å². The molecule has 2 aliphatic rings. The maximum atomic E-state index is 12.5. The van der Waals surface area contributed by atoms with Crippen molar-refractivity contribution in [2.45, 2.75) is 20.8 Å². The Morgan fingerprint density at radius 3 is 2.75 bits per heavy atom. The summed E-state index contributed by atoms with van der Waals surface area (Å²) in [4.78, 5) is 16.6. The lowest BCUT2D eigenvalue weighted by Crippen LogP contribution is -2.35. The lowest BCUT2D eigenvalue weighted by molar-refractivity contribution is -0.114. The summed E-state index contributed by atoms with van der Waals surface area (Å²) in [6.45, 7) is 5.82. The van der Waals surface area contributed by atoms with Crippen molar-refractivity contribution < 1.29 is 9.53 Å². The van der Waals surface area contributed by atoms with Crippen molar-refractivity contribution in [3.63, 3.8) is 0 Å². The SMILES string of the molecule is COc1cccc(-n2c(C)cc(C=C3C(=N)N4N=C(C)SC4=NC3=O)c2C)c1. The number of aromatic nitrogens is 1. The highest BCUT2D eigenvalue weighted by Gasteiger charge is 2.34. The lowest BCUT2D eigenvalue weighted by atomic mass is 10.1. The Balaban J connectivity index is 1.77. The molecule has 1 aromatic carbocycles. The van der Waals surface area contributed by atoms with Crippen LogP contribution in [0.15, 0.2) is 46.0 Å². The number of carbonyl (C=O) groups is 1. The molecule has 0 saturated heterocycles. The molecule has 142 valence electrons. The van der Waals surface area contributed by atoms with Crippen molar-refractivity contribution in [3.8, 4) is 11.4 Å². The van der Waals surface area contributed by atoms with E-state index < -0.39 is 5.91 Å². The monoisotopic (exact) mass is 393 g/mol. The number of hydrazone groups is 1. The lowest BCUT2D eigenvalue weighted by Gasteiger charge is -2.20. The fourth-order valence-corrected chi connectivity index (χ4v) is 4.06. The Morgan fingerprint density at radius 1 is 1.21 bits per heavy atom. The van der Waals surface area contributed by atoms with Gasteiger partial charge >= 0.3 is 0 Å². The van der Waals surface area contributed by atoms with E-state index in [4.69, 9.17) is 10.1 Å². The molecule has 3 heterocycles. The molecule has 0 fully saturated rings. The van der Waals surface area contributed by atoms with Gasteiger partial charge in [0.05, 0.1) is 17.7 Å². The summed E-state index contributed by atoms with van der Waals surface area (Å²) in [7, 11) is 1.64. The molecule has 28 heavy (non-hydrogen) atoms. The van der Waals surface area contributed by atoms with Crippen LogP contribution < -0.4 is 4.74 Å². The summed E-state index contributed by atoms with van der Waals surface area (Å²) in [6.07, 6.45) is 1.72. The van der Waals surface area contributed by atoms with Crippen molar-refractivity contribution in [2.24, 2.45) is 10.1 Å². The normalized spacial score (nSPS) is 17.7. The summed E-state index contributed by atoms with van der Waals surface area (Å²) >= 11 is 1.30. The molecule has 0 bridgehead atoms. The molecule has 0 aliphatic carbocycles. The minimum atomic E-state index is -0.417. The molecule has 1 aromatic heterocycles. The van der Waals surface area contributed by atoms with Crippen LogP contribution in [0.5, 0.6) is 5.75 Å². The first kappa shape index (κ1) is 18.2. The second kappa shape index (κ2) is 6.79. The van der Waals surface area contributed by atoms with Gasteiger partial charge in [0, 0.05) is 23.1 Å². The number of fused-ring (bicyclic) bond motifs is 1. The predicted octanol–water partition coefficient (Wildman–Crippen LogP) is 3.74. The van der Waals surface area contributed by atoms with E-state index in [0.29, 0.717) is 5.17 Å². The number of amidine groups is 2. The Morgan fingerprint density at radius 2 is 2.00 bits per heavy atom. The van der Waals surface area contributed by atoms with Gasteiger partial charge in [-0.15, -0.1) is 0 Å². The molecule has 0 saturated carbocycles. The summed E-state index contributed by atoms with van der Waals surface area (Å²) in [6, 6.07) is 9.79. The number of hydrogen-bond acceptors (Lipinski definition) is 5. The number of thioether (sulfide) groups is 1. The van der Waals surface area contributed by atoms with E-state index in [1.54, 1.807) is 13.2 Å². The zero-order chi connectivity index (χ0) is 20.0. The summed E-state index contributed by atoms with van der Waals surface area (Å²) in [5, 5.41) is 15.3. The highest BCUT2D eigenvalue weighted by atomic mass is 32.2. The summed E-state index contributed by atoms with van der Waals surface area (Å²) in [5.41, 5.74) is 4.04. The average Bonchev–Trinajstić information content (AvgIpc) is 3.17. The van der Waals surface area contributed by atoms with Gasteiger partial charge in [0.25, 0.3) is 5.91 Å². The molecule has 0 atom stereocenters. The first-order chi connectivity index (χ1) is 13.4. The molecule has 1 amide bonds. The topological polar surface area (TPSA) is 83.0 Å². The maximum Gasteiger partial charge on any atom is 0.283 e. The van der Waals surface area contributed by atoms with Crippen LogP contribution >= 0.6 is 11.8 Å². The van der Waals surface area contributed by atoms with Gasteiger partial charge in [-0.25, -0.2) is 0 Å². The number of rotatable bonds is 3. The summed E-state index contributed by atoms with van der Waals surface area (Å²) < 4.78 is 7.42. The number of nitrogens with one attached hydrogen (secondary N) is 1. The molecule has 2 aliphatic heterocycles. The Hall–Kier alpha value is -3.13. The van der Waals surface area contributed by atoms with Crippen LogP contribution in [0.25, 0.3) is 11.8 Å². The zero-order valence-electron chi connectivity index (χ0n) is 16.0. The van der Waals surface area contributed by atoms with E-state index >= 15 is 0 Å². The number of hydrogen-bond donors (Lipinski definition) is 1. The molecule has 0 unspecified atom stereocenters. The van der Waals surface area contributed by atoms with Crippen molar-refractivity contribution in [1.29, 1.82) is 5.41 Å². The number of nitrogens with zero attached hydrogens (tertiary/aromatic N) is 4. The van der Waals surface area contributed by atoms with E-state index in [0.717, 1.165) is 33.4 Å². The van der Waals surface area contributed by atoms with Crippen LogP contribution in [0.2, 0.25) is 0 Å². The largest absolute Gasteiger partial charge is 0.497 e. The van der Waals surface area contributed by atoms with E-state index in [9.17, 15) is 4.79 Å². The summed E-state index contributed by atoms with van der Waals surface area (Å²) in [5.74, 6) is 0.404. The second-order valence-electron chi connectivity index (χ2n) is 6.50. The molecular weight excluding hydrogens is 374 g/mol. The van der Waals surface area contributed by atoms with Gasteiger partial charge in [0.15, 0.2) is 5.84 Å². The van der Waals surface area contributed by atoms with Crippen LogP contribution in [-0.2, 0) is 4.79 Å². The fraction of sp³-hybridized carbons (Fsp3) is 0.200. The van der Waals surface area contributed by atoms with Gasteiger partial charge in [-0.3, -0.25) is 10.2 Å². The van der Waals surface area contributed by atoms with Gasteiger partial charge in [-0.05, 0) is 62.4 Å². The second-order valence-corrected chi connectivity index (χ2v) is 7.66. The standard InChI is InChI=1S/C20H19N5O2S/c1-11-8-14(12(2)24(11)15-6-5-7-16(10-15)27-4)9-17-18(21)25-20(22-19(17)26)28-13(3)23-25/h5-10,21H,1-4H3. The van der Waals surface area contributed by atoms with Crippen molar-refractivity contribution in [2.75, 3.05) is 7.11 Å². The predicted molar refractivity (Wildman–Crippen MR) is 112 cm³/mol. The van der Waals surface area contributed by atoms with Crippen LogP contribution in [0.4, 0.5) is 0 Å². The van der Waals surface area contributed by atoms with Gasteiger partial charge < -0.3 is 9.30 Å². The Kier molecular flexibility index (Phi) is 4.43. The third-order valence-electron chi connectivity index (χ3n) is 4.64. The minimum absolute atomic E-state index is 0.0468. The van der Waals surface area contributed by atoms with Crippen molar-refractivity contribution in [3.05, 3.63) is 52.9 Å². The van der Waals surface area contributed by atoms with Crippen LogP contribution in [0.3, 0.4) is 0 Å². The number of aliphatic imine (C=N–C) groups is 1. The smallest absolute Gasteiger partial charge is 0.283 e. The van der Waals surface area contributed by atoms with Crippen LogP contribution in [-0.4, -0.2) is 38.6 Å². The van der Waals surface area contributed by atoms with Gasteiger partial charge in [0.2, 0.25) is 5.17 Å². The fourth-order valence-electron chi connectivity index (χ4n) is 3.32. The molecule has 2 aromatic rings. The quantitative estimate of drug-likeness (QED) is 0.805. The molecule has 8 heteroatoms. The minimum Gasteiger partial charge on any atom is -0.497 e. The first-order valence-corrected chi connectivity index (χ1v) is 9.51. The van der Waals surface area contributed by atoms with E-state index in [2.05, 4.69) is 14.7 Å². The molecule has 0 radical (unpaired) electrons.